The smallest absolute Gasteiger partial charge is 0.416 e. The van der Waals surface area contributed by atoms with Gasteiger partial charge in [-0.05, 0) is 55.0 Å². The number of aliphatic imine (C=N–C) groups is 1. The standard InChI is InChI=1S/C27H24F3N3O3/c1-35-23-9-4-6-20-24(23)36-22-8-3-2-7-21(22)31-25(20)32-14-5-15-33(17-16-32)26(34)18-10-12-19(13-11-18)27(28,29)30/h2-4,6-13H,5,14-17H2,1H3. The molecule has 3 aromatic carbocycles. The van der Waals surface area contributed by atoms with Crippen molar-refractivity contribution >= 4 is 17.4 Å². The van der Waals surface area contributed by atoms with Crippen LogP contribution in [0.25, 0.3) is 0 Å². The summed E-state index contributed by atoms with van der Waals surface area (Å²) < 4.78 is 50.4. The normalized spacial score (nSPS) is 15.6. The van der Waals surface area contributed by atoms with E-state index in [-0.39, 0.29) is 11.5 Å². The van der Waals surface area contributed by atoms with Gasteiger partial charge in [0.15, 0.2) is 17.2 Å². The van der Waals surface area contributed by atoms with E-state index >= 15 is 0 Å². The predicted octanol–water partition coefficient (Wildman–Crippen LogP) is 5.75. The van der Waals surface area contributed by atoms with Crippen LogP contribution in [0.1, 0.15) is 27.9 Å². The van der Waals surface area contributed by atoms with Crippen LogP contribution in [0.15, 0.2) is 71.7 Å². The van der Waals surface area contributed by atoms with Crippen molar-refractivity contribution in [2.75, 3.05) is 33.3 Å². The van der Waals surface area contributed by atoms with Gasteiger partial charge in [-0.3, -0.25) is 4.79 Å². The summed E-state index contributed by atoms with van der Waals surface area (Å²) in [6.07, 6.45) is -3.77. The molecule has 2 aliphatic heterocycles. The summed E-state index contributed by atoms with van der Waals surface area (Å²) >= 11 is 0. The molecule has 5 rings (SSSR count). The largest absolute Gasteiger partial charge is 0.493 e. The maximum Gasteiger partial charge on any atom is 0.416 e. The van der Waals surface area contributed by atoms with Crippen molar-refractivity contribution in [1.29, 1.82) is 0 Å². The Labute approximate surface area is 206 Å². The fourth-order valence-electron chi connectivity index (χ4n) is 4.44. The van der Waals surface area contributed by atoms with E-state index in [2.05, 4.69) is 4.90 Å². The summed E-state index contributed by atoms with van der Waals surface area (Å²) in [5.41, 5.74) is 0.936. The number of carbonyl (C=O) groups excluding carboxylic acids is 1. The number of benzene rings is 3. The summed E-state index contributed by atoms with van der Waals surface area (Å²) in [6, 6.07) is 17.5. The summed E-state index contributed by atoms with van der Waals surface area (Å²) in [5, 5.41) is 0. The van der Waals surface area contributed by atoms with Crippen LogP contribution >= 0.6 is 0 Å². The number of hydrogen-bond donors (Lipinski definition) is 0. The second-order valence-corrected chi connectivity index (χ2v) is 8.55. The first-order chi connectivity index (χ1) is 17.3. The fraction of sp³-hybridized carbons (Fsp3) is 0.259. The molecule has 1 saturated heterocycles. The molecule has 0 aliphatic carbocycles. The van der Waals surface area contributed by atoms with Gasteiger partial charge in [-0.1, -0.05) is 18.2 Å². The zero-order valence-corrected chi connectivity index (χ0v) is 19.6. The number of hydrogen-bond acceptors (Lipinski definition) is 5. The highest BCUT2D eigenvalue weighted by Crippen LogP contribution is 2.42. The number of para-hydroxylation sites is 3. The van der Waals surface area contributed by atoms with Gasteiger partial charge in [-0.15, -0.1) is 0 Å². The maximum atomic E-state index is 13.1. The van der Waals surface area contributed by atoms with Crippen molar-refractivity contribution < 1.29 is 27.4 Å². The van der Waals surface area contributed by atoms with Gasteiger partial charge >= 0.3 is 6.18 Å². The zero-order valence-electron chi connectivity index (χ0n) is 19.6. The Kier molecular flexibility index (Phi) is 6.30. The first-order valence-corrected chi connectivity index (χ1v) is 11.6. The van der Waals surface area contributed by atoms with Gasteiger partial charge < -0.3 is 19.3 Å². The van der Waals surface area contributed by atoms with Gasteiger partial charge in [0, 0.05) is 31.7 Å². The Balaban J connectivity index is 1.41. The summed E-state index contributed by atoms with van der Waals surface area (Å²) in [7, 11) is 1.59. The van der Waals surface area contributed by atoms with Crippen molar-refractivity contribution in [3.63, 3.8) is 0 Å². The van der Waals surface area contributed by atoms with E-state index in [0.29, 0.717) is 55.5 Å². The van der Waals surface area contributed by atoms with Crippen LogP contribution in [0, 0.1) is 0 Å². The van der Waals surface area contributed by atoms with Crippen molar-refractivity contribution in [3.05, 3.63) is 83.4 Å². The molecule has 0 aromatic heterocycles. The lowest BCUT2D eigenvalue weighted by molar-refractivity contribution is -0.137. The second-order valence-electron chi connectivity index (χ2n) is 8.55. The summed E-state index contributed by atoms with van der Waals surface area (Å²) in [4.78, 5) is 21.8. The minimum absolute atomic E-state index is 0.237. The van der Waals surface area contributed by atoms with E-state index in [0.717, 1.165) is 23.5 Å². The van der Waals surface area contributed by atoms with Gasteiger partial charge in [0.05, 0.1) is 18.2 Å². The fourth-order valence-corrected chi connectivity index (χ4v) is 4.44. The lowest BCUT2D eigenvalue weighted by Gasteiger charge is -2.25. The molecule has 2 aliphatic rings. The highest BCUT2D eigenvalue weighted by molar-refractivity contribution is 6.04. The van der Waals surface area contributed by atoms with Crippen LogP contribution in [0.5, 0.6) is 17.2 Å². The summed E-state index contributed by atoms with van der Waals surface area (Å²) in [6.45, 7) is 2.04. The molecule has 186 valence electrons. The van der Waals surface area contributed by atoms with Crippen LogP contribution in [-0.4, -0.2) is 54.8 Å². The van der Waals surface area contributed by atoms with Crippen molar-refractivity contribution in [2.24, 2.45) is 4.99 Å². The maximum absolute atomic E-state index is 13.1. The molecule has 0 atom stereocenters. The number of ether oxygens (including phenoxy) is 2. The first-order valence-electron chi connectivity index (χ1n) is 11.6. The number of amides is 1. The third kappa shape index (κ3) is 4.60. The number of rotatable bonds is 2. The molecule has 9 heteroatoms. The number of amidine groups is 1. The molecule has 3 aromatic rings. The minimum Gasteiger partial charge on any atom is -0.493 e. The third-order valence-corrected chi connectivity index (χ3v) is 6.29. The number of fused-ring (bicyclic) bond motifs is 2. The average Bonchev–Trinajstić information content (AvgIpc) is 3.22. The van der Waals surface area contributed by atoms with Crippen LogP contribution in [0.3, 0.4) is 0 Å². The van der Waals surface area contributed by atoms with Crippen LogP contribution in [0.2, 0.25) is 0 Å². The van der Waals surface area contributed by atoms with Crippen molar-refractivity contribution in [3.8, 4) is 17.2 Å². The Bertz CT molecular complexity index is 1310. The van der Waals surface area contributed by atoms with E-state index < -0.39 is 11.7 Å². The number of halogens is 3. The number of methoxy groups -OCH3 is 1. The second kappa shape index (κ2) is 9.56. The van der Waals surface area contributed by atoms with Crippen molar-refractivity contribution in [2.45, 2.75) is 12.6 Å². The molecule has 0 spiro atoms. The molecule has 2 heterocycles. The van der Waals surface area contributed by atoms with Crippen molar-refractivity contribution in [1.82, 2.24) is 9.80 Å². The van der Waals surface area contributed by atoms with E-state index in [1.54, 1.807) is 12.0 Å². The zero-order chi connectivity index (χ0) is 25.3. The monoisotopic (exact) mass is 495 g/mol. The third-order valence-electron chi connectivity index (χ3n) is 6.29. The molecule has 1 fully saturated rings. The Hall–Kier alpha value is -4.01. The molecule has 0 N–H and O–H groups in total. The summed E-state index contributed by atoms with van der Waals surface area (Å²) in [5.74, 6) is 2.21. The van der Waals surface area contributed by atoms with Gasteiger partial charge in [0.1, 0.15) is 11.5 Å². The minimum atomic E-state index is -4.44. The van der Waals surface area contributed by atoms with E-state index in [1.807, 2.05) is 42.5 Å². The van der Waals surface area contributed by atoms with Gasteiger partial charge in [-0.25, -0.2) is 4.99 Å². The molecular weight excluding hydrogens is 471 g/mol. The van der Waals surface area contributed by atoms with Crippen LogP contribution in [-0.2, 0) is 6.18 Å². The number of nitrogens with zero attached hydrogens (tertiary/aromatic N) is 3. The Morgan fingerprint density at radius 1 is 0.944 bits per heavy atom. The lowest BCUT2D eigenvalue weighted by atomic mass is 10.1. The van der Waals surface area contributed by atoms with Gasteiger partial charge in [0.25, 0.3) is 5.91 Å². The van der Waals surface area contributed by atoms with E-state index in [4.69, 9.17) is 14.5 Å². The molecule has 0 radical (unpaired) electrons. The molecule has 6 nitrogen and oxygen atoms in total. The molecule has 0 saturated carbocycles. The SMILES string of the molecule is COc1cccc2c1Oc1ccccc1N=C2N1CCCN(C(=O)c2ccc(C(F)(F)F)cc2)CC1. The first kappa shape index (κ1) is 23.7. The predicted molar refractivity (Wildman–Crippen MR) is 129 cm³/mol. The van der Waals surface area contributed by atoms with Gasteiger partial charge in [0.2, 0.25) is 0 Å². The molecule has 36 heavy (non-hydrogen) atoms. The topological polar surface area (TPSA) is 54.4 Å². The Morgan fingerprint density at radius 3 is 2.47 bits per heavy atom. The number of carbonyl (C=O) groups is 1. The molecule has 1 amide bonds. The quantitative estimate of drug-likeness (QED) is 0.455. The highest BCUT2D eigenvalue weighted by Gasteiger charge is 2.31. The van der Waals surface area contributed by atoms with E-state index in [9.17, 15) is 18.0 Å². The van der Waals surface area contributed by atoms with E-state index in [1.165, 1.54) is 12.1 Å². The molecule has 0 bridgehead atoms. The molecular formula is C27H24F3N3O3. The number of alkyl halides is 3. The molecule has 0 unspecified atom stereocenters. The van der Waals surface area contributed by atoms with Gasteiger partial charge in [-0.2, -0.15) is 13.2 Å². The van der Waals surface area contributed by atoms with Crippen LogP contribution < -0.4 is 9.47 Å². The Morgan fingerprint density at radius 2 is 1.72 bits per heavy atom. The average molecular weight is 496 g/mol. The highest BCUT2D eigenvalue weighted by atomic mass is 19.4. The lowest BCUT2D eigenvalue weighted by Crippen LogP contribution is -2.37. The van der Waals surface area contributed by atoms with Crippen LogP contribution in [0.4, 0.5) is 18.9 Å².